The quantitative estimate of drug-likeness (QED) is 0.120. The van der Waals surface area contributed by atoms with Gasteiger partial charge in [0.2, 0.25) is 0 Å². The molecule has 42 heavy (non-hydrogen) atoms. The van der Waals surface area contributed by atoms with Crippen LogP contribution in [-0.2, 0) is 28.8 Å². The predicted molar refractivity (Wildman–Crippen MR) is 160 cm³/mol. The van der Waals surface area contributed by atoms with E-state index in [9.17, 15) is 44.1 Å². The topological polar surface area (TPSA) is 191 Å². The Balaban J connectivity index is 3.41. The minimum absolute atomic E-state index is 0.130. The maximum Gasteiger partial charge on any atom is 0.317 e. The van der Waals surface area contributed by atoms with E-state index in [0.29, 0.717) is 0 Å². The summed E-state index contributed by atoms with van der Waals surface area (Å²) >= 11 is 8.99. The molecular formula is C27H33Br3O12. The summed E-state index contributed by atoms with van der Waals surface area (Å²) in [6.07, 6.45) is -0.391. The van der Waals surface area contributed by atoms with Crippen LogP contribution in [0.25, 0.3) is 0 Å². The Morgan fingerprint density at radius 3 is 0.905 bits per heavy atom. The normalized spacial score (nSPS) is 14.2. The molecule has 0 aliphatic heterocycles. The van der Waals surface area contributed by atoms with Crippen LogP contribution in [0.2, 0.25) is 0 Å². The van der Waals surface area contributed by atoms with Gasteiger partial charge in [0.15, 0.2) is 0 Å². The molecule has 3 N–H and O–H groups in total. The van der Waals surface area contributed by atoms with Crippen LogP contribution in [0.4, 0.5) is 0 Å². The standard InChI is InChI=1S/C27H33Br3O12/c1-25(2,10-16(28)19(31)32)22(37)40-13-7-14(41-23(38)26(3,4)11-17(29)20(33)34)9-15(8-13)42-24(39)27(5,6)12-18(30)21(35)36/h7-9,16-18H,10-12H2,1-6H3,(H,31,32)(H,33,34)(H,35,36). The molecule has 0 saturated carbocycles. The fourth-order valence-electron chi connectivity index (χ4n) is 3.31. The average molecular weight is 789 g/mol. The van der Waals surface area contributed by atoms with Gasteiger partial charge in [-0.05, 0) is 60.8 Å². The van der Waals surface area contributed by atoms with Gasteiger partial charge in [-0.25, -0.2) is 0 Å². The lowest BCUT2D eigenvalue weighted by molar-refractivity contribution is -0.146. The van der Waals surface area contributed by atoms with E-state index in [1.54, 1.807) is 0 Å². The summed E-state index contributed by atoms with van der Waals surface area (Å²) in [4.78, 5) is 69.6. The molecule has 0 aliphatic rings. The second kappa shape index (κ2) is 14.8. The molecule has 0 aromatic heterocycles. The van der Waals surface area contributed by atoms with E-state index >= 15 is 0 Å². The summed E-state index contributed by atoms with van der Waals surface area (Å²) in [5, 5.41) is 27.6. The molecule has 0 heterocycles. The molecule has 0 saturated heterocycles. The smallest absolute Gasteiger partial charge is 0.317 e. The van der Waals surface area contributed by atoms with Crippen LogP contribution in [0.5, 0.6) is 17.2 Å². The van der Waals surface area contributed by atoms with Crippen molar-refractivity contribution in [3.8, 4) is 17.2 Å². The maximum absolute atomic E-state index is 13.0. The molecule has 1 aromatic rings. The van der Waals surface area contributed by atoms with E-state index in [2.05, 4.69) is 47.8 Å². The lowest BCUT2D eigenvalue weighted by atomic mass is 9.88. The summed E-state index contributed by atoms with van der Waals surface area (Å²) in [7, 11) is 0. The number of benzene rings is 1. The molecule has 0 fully saturated rings. The van der Waals surface area contributed by atoms with Crippen molar-refractivity contribution >= 4 is 83.6 Å². The Morgan fingerprint density at radius 1 is 0.548 bits per heavy atom. The minimum Gasteiger partial charge on any atom is -0.480 e. The van der Waals surface area contributed by atoms with Crippen molar-refractivity contribution in [2.45, 2.75) is 75.3 Å². The van der Waals surface area contributed by atoms with Crippen molar-refractivity contribution in [2.24, 2.45) is 16.2 Å². The highest BCUT2D eigenvalue weighted by Gasteiger charge is 2.38. The number of carbonyl (C=O) groups is 6. The number of carboxylic acids is 3. The summed E-state index contributed by atoms with van der Waals surface area (Å²) in [6, 6.07) is 3.53. The second-order valence-electron chi connectivity index (χ2n) is 11.5. The average Bonchev–Trinajstić information content (AvgIpc) is 2.82. The van der Waals surface area contributed by atoms with Crippen LogP contribution in [0.1, 0.15) is 60.8 Å². The highest BCUT2D eigenvalue weighted by molar-refractivity contribution is 9.10. The molecule has 0 spiro atoms. The van der Waals surface area contributed by atoms with E-state index < -0.39 is 66.5 Å². The van der Waals surface area contributed by atoms with Crippen LogP contribution in [0.15, 0.2) is 18.2 Å². The number of carboxylic acid groups (broad SMARTS) is 3. The number of halogens is 3. The zero-order chi connectivity index (χ0) is 32.8. The zero-order valence-electron chi connectivity index (χ0n) is 23.7. The van der Waals surface area contributed by atoms with Crippen molar-refractivity contribution in [2.75, 3.05) is 0 Å². The van der Waals surface area contributed by atoms with Crippen molar-refractivity contribution in [1.82, 2.24) is 0 Å². The summed E-state index contributed by atoms with van der Waals surface area (Å²) in [5.41, 5.74) is -3.86. The number of esters is 3. The molecule has 0 radical (unpaired) electrons. The van der Waals surface area contributed by atoms with Gasteiger partial charge in [-0.2, -0.15) is 0 Å². The molecule has 1 aromatic carbocycles. The Kier molecular flexibility index (Phi) is 13.2. The molecule has 0 aliphatic carbocycles. The van der Waals surface area contributed by atoms with Gasteiger partial charge in [0.25, 0.3) is 0 Å². The molecule has 15 heteroatoms. The number of hydrogen-bond acceptors (Lipinski definition) is 9. The van der Waals surface area contributed by atoms with Gasteiger partial charge in [0.05, 0.1) is 16.2 Å². The van der Waals surface area contributed by atoms with Gasteiger partial charge in [-0.1, -0.05) is 47.8 Å². The lowest BCUT2D eigenvalue weighted by Gasteiger charge is -2.26. The van der Waals surface area contributed by atoms with E-state index in [1.807, 2.05) is 0 Å². The van der Waals surface area contributed by atoms with Gasteiger partial charge < -0.3 is 29.5 Å². The van der Waals surface area contributed by atoms with E-state index in [-0.39, 0.29) is 36.5 Å². The molecule has 3 atom stereocenters. The zero-order valence-corrected chi connectivity index (χ0v) is 28.5. The van der Waals surface area contributed by atoms with Crippen molar-refractivity contribution in [1.29, 1.82) is 0 Å². The fourth-order valence-corrected chi connectivity index (χ4v) is 5.74. The highest BCUT2D eigenvalue weighted by Crippen LogP contribution is 2.36. The summed E-state index contributed by atoms with van der Waals surface area (Å²) in [5.74, 6) is -6.63. The number of carbonyl (C=O) groups excluding carboxylic acids is 3. The van der Waals surface area contributed by atoms with Gasteiger partial charge in [-0.15, -0.1) is 0 Å². The molecule has 3 unspecified atom stereocenters. The van der Waals surface area contributed by atoms with Gasteiger partial charge >= 0.3 is 35.8 Å². The Labute approximate surface area is 267 Å². The SMILES string of the molecule is CC(C)(CC(Br)C(=O)O)C(=O)Oc1cc(OC(=O)C(C)(C)CC(Br)C(=O)O)cc(OC(=O)C(C)(C)CC(Br)C(=O)O)c1. The Hall–Kier alpha value is -2.52. The molecular weight excluding hydrogens is 756 g/mol. The van der Waals surface area contributed by atoms with Crippen LogP contribution < -0.4 is 14.2 Å². The molecule has 234 valence electrons. The number of ether oxygens (including phenoxy) is 3. The Bertz CT molecular complexity index is 1060. The van der Waals surface area contributed by atoms with Crippen LogP contribution in [0.3, 0.4) is 0 Å². The first-order chi connectivity index (χ1) is 19.0. The third kappa shape index (κ3) is 11.3. The van der Waals surface area contributed by atoms with Crippen molar-refractivity contribution in [3.05, 3.63) is 18.2 Å². The third-order valence-electron chi connectivity index (χ3n) is 6.02. The highest BCUT2D eigenvalue weighted by atomic mass is 79.9. The molecule has 0 amide bonds. The third-order valence-corrected chi connectivity index (χ3v) is 8.16. The molecule has 0 bridgehead atoms. The van der Waals surface area contributed by atoms with Crippen molar-refractivity contribution in [3.63, 3.8) is 0 Å². The van der Waals surface area contributed by atoms with Crippen LogP contribution in [0, 0.1) is 16.2 Å². The molecule has 1 rings (SSSR count). The summed E-state index contributed by atoms with van der Waals surface area (Å²) < 4.78 is 16.4. The van der Waals surface area contributed by atoms with E-state index in [4.69, 9.17) is 14.2 Å². The van der Waals surface area contributed by atoms with Gasteiger partial charge in [-0.3, -0.25) is 28.8 Å². The van der Waals surface area contributed by atoms with Gasteiger partial charge in [0.1, 0.15) is 31.7 Å². The molecule has 12 nitrogen and oxygen atoms in total. The number of rotatable bonds is 15. The largest absolute Gasteiger partial charge is 0.480 e. The Morgan fingerprint density at radius 2 is 0.738 bits per heavy atom. The predicted octanol–water partition coefficient (Wildman–Crippen LogP) is 5.20. The maximum atomic E-state index is 13.0. The van der Waals surface area contributed by atoms with E-state index in [1.165, 1.54) is 59.7 Å². The fraction of sp³-hybridized carbons (Fsp3) is 0.556. The second-order valence-corrected chi connectivity index (χ2v) is 14.8. The van der Waals surface area contributed by atoms with Gasteiger partial charge in [0, 0.05) is 18.2 Å². The van der Waals surface area contributed by atoms with Crippen molar-refractivity contribution < 1.29 is 58.3 Å². The number of alkyl halides is 3. The minimum atomic E-state index is -1.29. The summed E-state index contributed by atoms with van der Waals surface area (Å²) in [6.45, 7) is 8.84. The number of aliphatic carboxylic acids is 3. The lowest BCUT2D eigenvalue weighted by Crippen LogP contribution is -2.34. The monoisotopic (exact) mass is 786 g/mol. The first-order valence-electron chi connectivity index (χ1n) is 12.4. The first-order valence-corrected chi connectivity index (χ1v) is 15.2. The van der Waals surface area contributed by atoms with E-state index in [0.717, 1.165) is 0 Å². The van der Waals surface area contributed by atoms with Crippen LogP contribution >= 0.6 is 47.8 Å². The first kappa shape index (κ1) is 37.5. The number of hydrogen-bond donors (Lipinski definition) is 3. The van der Waals surface area contributed by atoms with Crippen LogP contribution in [-0.4, -0.2) is 65.6 Å².